The number of pyridine rings is 1. The Kier molecular flexibility index (Phi) is 3.65. The molecule has 4 nitrogen and oxygen atoms in total. The van der Waals surface area contributed by atoms with Crippen LogP contribution in [0.2, 0.25) is 0 Å². The van der Waals surface area contributed by atoms with Gasteiger partial charge >= 0.3 is 0 Å². The topological polar surface area (TPSA) is 54.0 Å². The molecule has 2 N–H and O–H groups in total. The van der Waals surface area contributed by atoms with E-state index in [0.717, 1.165) is 28.8 Å². The van der Waals surface area contributed by atoms with E-state index in [1.807, 2.05) is 37.3 Å². The molecule has 1 fully saturated rings. The van der Waals surface area contributed by atoms with Gasteiger partial charge in [0.05, 0.1) is 11.2 Å². The molecular formula is C16H19N3O. The van der Waals surface area contributed by atoms with Gasteiger partial charge in [-0.2, -0.15) is 0 Å². The zero-order valence-electron chi connectivity index (χ0n) is 11.6. The zero-order valence-corrected chi connectivity index (χ0v) is 11.6. The molecule has 0 atom stereocenters. The number of aryl methyl sites for hydroxylation is 1. The van der Waals surface area contributed by atoms with E-state index in [1.54, 1.807) is 0 Å². The molecule has 1 aliphatic carbocycles. The van der Waals surface area contributed by atoms with Crippen molar-refractivity contribution < 1.29 is 4.79 Å². The van der Waals surface area contributed by atoms with Gasteiger partial charge in [-0.3, -0.25) is 9.78 Å². The average molecular weight is 269 g/mol. The average Bonchev–Trinajstić information content (AvgIpc) is 3.22. The van der Waals surface area contributed by atoms with Gasteiger partial charge in [0.1, 0.15) is 0 Å². The number of carbonyl (C=O) groups excluding carboxylic acids is 1. The number of para-hydroxylation sites is 1. The van der Waals surface area contributed by atoms with Gasteiger partial charge < -0.3 is 10.6 Å². The number of benzene rings is 1. The molecule has 104 valence electrons. The third kappa shape index (κ3) is 3.14. The number of amides is 1. The second-order valence-corrected chi connectivity index (χ2v) is 5.35. The van der Waals surface area contributed by atoms with Gasteiger partial charge in [0, 0.05) is 30.1 Å². The van der Waals surface area contributed by atoms with Crippen molar-refractivity contribution in [3.05, 3.63) is 36.0 Å². The first kappa shape index (κ1) is 13.1. The molecule has 0 saturated heterocycles. The highest BCUT2D eigenvalue weighted by atomic mass is 16.1. The van der Waals surface area contributed by atoms with Crippen molar-refractivity contribution in [3.8, 4) is 0 Å². The Morgan fingerprint density at radius 1 is 1.35 bits per heavy atom. The monoisotopic (exact) mass is 269 g/mol. The molecule has 3 rings (SSSR count). The molecule has 4 heteroatoms. The number of fused-ring (bicyclic) bond motifs is 1. The van der Waals surface area contributed by atoms with E-state index in [-0.39, 0.29) is 5.91 Å². The first-order chi connectivity index (χ1) is 9.72. The first-order valence-electron chi connectivity index (χ1n) is 7.12. The van der Waals surface area contributed by atoms with Crippen molar-refractivity contribution in [2.24, 2.45) is 0 Å². The lowest BCUT2D eigenvalue weighted by Crippen LogP contribution is -2.23. The van der Waals surface area contributed by atoms with Crippen LogP contribution in [0.15, 0.2) is 30.3 Å². The van der Waals surface area contributed by atoms with Crippen molar-refractivity contribution >= 4 is 22.5 Å². The van der Waals surface area contributed by atoms with Gasteiger partial charge in [-0.15, -0.1) is 0 Å². The number of rotatable bonds is 5. The lowest BCUT2D eigenvalue weighted by atomic mass is 10.1. The molecule has 1 saturated carbocycles. The van der Waals surface area contributed by atoms with Crippen LogP contribution in [0, 0.1) is 6.92 Å². The lowest BCUT2D eigenvalue weighted by molar-refractivity contribution is -0.116. The fraction of sp³-hybridized carbons (Fsp3) is 0.375. The maximum absolute atomic E-state index is 12.0. The summed E-state index contributed by atoms with van der Waals surface area (Å²) in [5, 5.41) is 7.34. The Morgan fingerprint density at radius 3 is 2.95 bits per heavy atom. The fourth-order valence-electron chi connectivity index (χ4n) is 2.30. The molecule has 2 aromatic rings. The molecule has 0 radical (unpaired) electrons. The minimum atomic E-state index is 0.0499. The van der Waals surface area contributed by atoms with Gasteiger partial charge in [-0.1, -0.05) is 18.2 Å². The predicted molar refractivity (Wildman–Crippen MR) is 80.8 cm³/mol. The summed E-state index contributed by atoms with van der Waals surface area (Å²) in [6, 6.07) is 10.4. The van der Waals surface area contributed by atoms with Crippen molar-refractivity contribution in [1.29, 1.82) is 0 Å². The number of nitrogens with one attached hydrogen (secondary N) is 2. The van der Waals surface area contributed by atoms with Crippen molar-refractivity contribution in [2.45, 2.75) is 32.2 Å². The summed E-state index contributed by atoms with van der Waals surface area (Å²) in [4.78, 5) is 16.5. The molecule has 0 unspecified atom stereocenters. The first-order valence-corrected chi connectivity index (χ1v) is 7.12. The molecule has 0 bridgehead atoms. The number of aromatic nitrogens is 1. The molecular weight excluding hydrogens is 250 g/mol. The number of hydrogen-bond donors (Lipinski definition) is 2. The minimum absolute atomic E-state index is 0.0499. The van der Waals surface area contributed by atoms with Gasteiger partial charge in [-0.05, 0) is 31.9 Å². The van der Waals surface area contributed by atoms with Crippen LogP contribution in [-0.2, 0) is 4.79 Å². The third-order valence-corrected chi connectivity index (χ3v) is 3.48. The molecule has 0 aliphatic heterocycles. The number of nitrogens with zero attached hydrogens (tertiary/aromatic N) is 1. The summed E-state index contributed by atoms with van der Waals surface area (Å²) >= 11 is 0. The van der Waals surface area contributed by atoms with Crippen molar-refractivity contribution in [2.75, 3.05) is 11.9 Å². The zero-order chi connectivity index (χ0) is 13.9. The lowest BCUT2D eigenvalue weighted by Gasteiger charge is -2.10. The summed E-state index contributed by atoms with van der Waals surface area (Å²) in [5.74, 6) is 0.0499. The van der Waals surface area contributed by atoms with E-state index in [9.17, 15) is 4.79 Å². The molecule has 1 aromatic heterocycles. The standard InChI is InChI=1S/C16H19N3O/c1-11-10-15(13-4-2-3-5-14(13)18-11)19-16(20)8-9-17-12-6-7-12/h2-5,10,12,17H,6-9H2,1H3,(H,18,19,20). The molecule has 1 aromatic carbocycles. The highest BCUT2D eigenvalue weighted by Gasteiger charge is 2.20. The predicted octanol–water partition coefficient (Wildman–Crippen LogP) is 2.62. The Balaban J connectivity index is 1.70. The van der Waals surface area contributed by atoms with Crippen LogP contribution < -0.4 is 10.6 Å². The SMILES string of the molecule is Cc1cc(NC(=O)CCNC2CC2)c2ccccc2n1. The normalized spacial score (nSPS) is 14.4. The van der Waals surface area contributed by atoms with E-state index in [2.05, 4.69) is 15.6 Å². The third-order valence-electron chi connectivity index (χ3n) is 3.48. The van der Waals surface area contributed by atoms with Gasteiger partial charge in [0.15, 0.2) is 0 Å². The smallest absolute Gasteiger partial charge is 0.225 e. The maximum atomic E-state index is 12.0. The quantitative estimate of drug-likeness (QED) is 0.877. The summed E-state index contributed by atoms with van der Waals surface area (Å²) in [7, 11) is 0. The minimum Gasteiger partial charge on any atom is -0.325 e. The second-order valence-electron chi connectivity index (χ2n) is 5.35. The van der Waals surface area contributed by atoms with E-state index < -0.39 is 0 Å². The van der Waals surface area contributed by atoms with Gasteiger partial charge in [-0.25, -0.2) is 0 Å². The molecule has 1 amide bonds. The second kappa shape index (κ2) is 5.59. The van der Waals surface area contributed by atoms with E-state index in [4.69, 9.17) is 0 Å². The van der Waals surface area contributed by atoms with E-state index >= 15 is 0 Å². The number of hydrogen-bond acceptors (Lipinski definition) is 3. The highest BCUT2D eigenvalue weighted by molar-refractivity contribution is 6.01. The Morgan fingerprint density at radius 2 is 2.15 bits per heavy atom. The molecule has 1 aliphatic rings. The van der Waals surface area contributed by atoms with Crippen LogP contribution in [0.3, 0.4) is 0 Å². The largest absolute Gasteiger partial charge is 0.325 e. The Bertz CT molecular complexity index is 635. The summed E-state index contributed by atoms with van der Waals surface area (Å²) in [5.41, 5.74) is 2.68. The number of anilines is 1. The van der Waals surface area contributed by atoms with Gasteiger partial charge in [0.2, 0.25) is 5.91 Å². The van der Waals surface area contributed by atoms with Crippen LogP contribution in [0.4, 0.5) is 5.69 Å². The number of carbonyl (C=O) groups is 1. The van der Waals surface area contributed by atoms with Crippen molar-refractivity contribution in [3.63, 3.8) is 0 Å². The van der Waals surface area contributed by atoms with Crippen LogP contribution in [0.25, 0.3) is 10.9 Å². The summed E-state index contributed by atoms with van der Waals surface area (Å²) in [6.45, 7) is 2.69. The van der Waals surface area contributed by atoms with Gasteiger partial charge in [0.25, 0.3) is 0 Å². The van der Waals surface area contributed by atoms with Crippen LogP contribution in [0.5, 0.6) is 0 Å². The van der Waals surface area contributed by atoms with Crippen LogP contribution >= 0.6 is 0 Å². The van der Waals surface area contributed by atoms with E-state index in [0.29, 0.717) is 12.5 Å². The molecule has 20 heavy (non-hydrogen) atoms. The Hall–Kier alpha value is -1.94. The highest BCUT2D eigenvalue weighted by Crippen LogP contribution is 2.23. The maximum Gasteiger partial charge on any atom is 0.225 e. The summed E-state index contributed by atoms with van der Waals surface area (Å²) < 4.78 is 0. The molecule has 0 spiro atoms. The van der Waals surface area contributed by atoms with Crippen LogP contribution in [0.1, 0.15) is 25.0 Å². The van der Waals surface area contributed by atoms with E-state index in [1.165, 1.54) is 12.8 Å². The van der Waals surface area contributed by atoms with Crippen molar-refractivity contribution in [1.82, 2.24) is 10.3 Å². The Labute approximate surface area is 118 Å². The van der Waals surface area contributed by atoms with Crippen LogP contribution in [-0.4, -0.2) is 23.5 Å². The fourth-order valence-corrected chi connectivity index (χ4v) is 2.30. The molecule has 1 heterocycles. The summed E-state index contributed by atoms with van der Waals surface area (Å²) in [6.07, 6.45) is 3.00.